The zero-order valence-corrected chi connectivity index (χ0v) is 11.8. The number of amides is 1. The van der Waals surface area contributed by atoms with Crippen molar-refractivity contribution in [2.75, 3.05) is 13.6 Å². The molecule has 0 radical (unpaired) electrons. The number of hydrogen-bond acceptors (Lipinski definition) is 1. The predicted octanol–water partition coefficient (Wildman–Crippen LogP) is 3.71. The van der Waals surface area contributed by atoms with E-state index in [0.717, 1.165) is 30.5 Å². The van der Waals surface area contributed by atoms with Crippen LogP contribution in [0.25, 0.3) is 0 Å². The molecule has 0 aromatic rings. The van der Waals surface area contributed by atoms with Gasteiger partial charge in [-0.3, -0.25) is 4.79 Å². The highest BCUT2D eigenvalue weighted by molar-refractivity contribution is 5.96. The first kappa shape index (κ1) is 15.7. The number of rotatable bonds is 6. The molecular weight excluding hydrogens is 210 g/mol. The third kappa shape index (κ3) is 6.10. The Kier molecular flexibility index (Phi) is 8.12. The molecule has 2 nitrogen and oxygen atoms in total. The van der Waals surface area contributed by atoms with Crippen LogP contribution in [0.3, 0.4) is 0 Å². The van der Waals surface area contributed by atoms with Crippen LogP contribution >= 0.6 is 0 Å². The van der Waals surface area contributed by atoms with Gasteiger partial charge in [0.25, 0.3) is 5.91 Å². The van der Waals surface area contributed by atoms with E-state index in [1.807, 2.05) is 52.1 Å². The predicted molar refractivity (Wildman–Crippen MR) is 74.9 cm³/mol. The quantitative estimate of drug-likeness (QED) is 0.507. The second-order valence-electron chi connectivity index (χ2n) is 4.21. The van der Waals surface area contributed by atoms with Crippen LogP contribution < -0.4 is 0 Å². The molecule has 1 amide bonds. The monoisotopic (exact) mass is 235 g/mol. The van der Waals surface area contributed by atoms with Crippen molar-refractivity contribution in [2.24, 2.45) is 0 Å². The Morgan fingerprint density at radius 1 is 1.29 bits per heavy atom. The second-order valence-corrected chi connectivity index (χ2v) is 4.21. The molecule has 0 spiro atoms. The maximum absolute atomic E-state index is 12.2. The Morgan fingerprint density at radius 2 is 1.94 bits per heavy atom. The van der Waals surface area contributed by atoms with Gasteiger partial charge in [-0.15, -0.1) is 0 Å². The van der Waals surface area contributed by atoms with E-state index in [-0.39, 0.29) is 5.91 Å². The summed E-state index contributed by atoms with van der Waals surface area (Å²) in [6.07, 6.45) is 9.87. The smallest absolute Gasteiger partial charge is 0.253 e. The zero-order valence-electron chi connectivity index (χ0n) is 11.8. The minimum atomic E-state index is 0.0951. The lowest BCUT2D eigenvalue weighted by molar-refractivity contribution is -0.125. The summed E-state index contributed by atoms with van der Waals surface area (Å²) >= 11 is 0. The number of carbonyl (C=O) groups is 1. The molecule has 0 aromatic heterocycles. The van der Waals surface area contributed by atoms with E-state index in [1.165, 1.54) is 0 Å². The molecule has 0 bridgehead atoms. The van der Waals surface area contributed by atoms with Crippen molar-refractivity contribution in [3.63, 3.8) is 0 Å². The first-order valence-electron chi connectivity index (χ1n) is 6.29. The van der Waals surface area contributed by atoms with Crippen LogP contribution in [0.15, 0.2) is 35.5 Å². The lowest BCUT2D eigenvalue weighted by Gasteiger charge is -2.17. The van der Waals surface area contributed by atoms with Crippen molar-refractivity contribution in [3.05, 3.63) is 35.5 Å². The van der Waals surface area contributed by atoms with Gasteiger partial charge in [-0.2, -0.15) is 0 Å². The standard InChI is InChI=1S/C15H25NO/c1-6-9-11-16(5)15(17)14(10-7-2)12-13(4)8-3/h7-8,10,12H,6,9,11H2,1-5H3/b10-7+,13-8-,14-12+. The van der Waals surface area contributed by atoms with Gasteiger partial charge in [0, 0.05) is 19.2 Å². The maximum atomic E-state index is 12.2. The third-order valence-electron chi connectivity index (χ3n) is 2.63. The lowest BCUT2D eigenvalue weighted by Crippen LogP contribution is -2.28. The number of allylic oxidation sites excluding steroid dienone is 4. The van der Waals surface area contributed by atoms with E-state index in [2.05, 4.69) is 6.92 Å². The molecule has 0 aliphatic rings. The molecule has 0 unspecified atom stereocenters. The molecule has 2 heteroatoms. The number of hydrogen-bond donors (Lipinski definition) is 0. The summed E-state index contributed by atoms with van der Waals surface area (Å²) in [6, 6.07) is 0. The van der Waals surface area contributed by atoms with E-state index in [4.69, 9.17) is 0 Å². The Bertz CT molecular complexity index is 324. The summed E-state index contributed by atoms with van der Waals surface area (Å²) in [5, 5.41) is 0. The van der Waals surface area contributed by atoms with Gasteiger partial charge in [0.05, 0.1) is 0 Å². The van der Waals surface area contributed by atoms with E-state index in [9.17, 15) is 4.79 Å². The molecule has 0 atom stereocenters. The largest absolute Gasteiger partial charge is 0.342 e. The van der Waals surface area contributed by atoms with Crippen molar-refractivity contribution in [3.8, 4) is 0 Å². The van der Waals surface area contributed by atoms with Crippen LogP contribution in [0.4, 0.5) is 0 Å². The van der Waals surface area contributed by atoms with Gasteiger partial charge < -0.3 is 4.90 Å². The fourth-order valence-corrected chi connectivity index (χ4v) is 1.41. The summed E-state index contributed by atoms with van der Waals surface area (Å²) in [4.78, 5) is 14.0. The molecule has 0 rings (SSSR count). The number of carbonyl (C=O) groups excluding carboxylic acids is 1. The van der Waals surface area contributed by atoms with Crippen molar-refractivity contribution in [1.82, 2.24) is 4.90 Å². The summed E-state index contributed by atoms with van der Waals surface area (Å²) < 4.78 is 0. The summed E-state index contributed by atoms with van der Waals surface area (Å²) in [6.45, 7) is 8.86. The maximum Gasteiger partial charge on any atom is 0.253 e. The molecule has 0 heterocycles. The van der Waals surface area contributed by atoms with Gasteiger partial charge in [0.1, 0.15) is 0 Å². The summed E-state index contributed by atoms with van der Waals surface area (Å²) in [7, 11) is 1.86. The van der Waals surface area contributed by atoms with E-state index in [1.54, 1.807) is 4.90 Å². The van der Waals surface area contributed by atoms with Gasteiger partial charge in [0.2, 0.25) is 0 Å². The van der Waals surface area contributed by atoms with Crippen LogP contribution in [0.5, 0.6) is 0 Å². The lowest BCUT2D eigenvalue weighted by atomic mass is 10.1. The highest BCUT2D eigenvalue weighted by Crippen LogP contribution is 2.08. The first-order valence-corrected chi connectivity index (χ1v) is 6.29. The van der Waals surface area contributed by atoms with Crippen LogP contribution in [-0.2, 0) is 4.79 Å². The SMILES string of the molecule is C\C=C(C)/C=C(\C=C\C)C(=O)N(C)CCCC. The van der Waals surface area contributed by atoms with Gasteiger partial charge in [-0.1, -0.05) is 37.1 Å². The topological polar surface area (TPSA) is 20.3 Å². The second kappa shape index (κ2) is 8.80. The molecule has 17 heavy (non-hydrogen) atoms. The van der Waals surface area contributed by atoms with Crippen LogP contribution in [-0.4, -0.2) is 24.4 Å². The van der Waals surface area contributed by atoms with Gasteiger partial charge in [-0.05, 0) is 33.3 Å². The zero-order chi connectivity index (χ0) is 13.3. The molecule has 0 fully saturated rings. The number of nitrogens with zero attached hydrogens (tertiary/aromatic N) is 1. The normalized spacial score (nSPS) is 13.2. The minimum absolute atomic E-state index is 0.0951. The molecule has 0 saturated carbocycles. The first-order chi connectivity index (χ1) is 8.06. The molecule has 0 aliphatic heterocycles. The Hall–Kier alpha value is -1.31. The Balaban J connectivity index is 4.83. The molecule has 96 valence electrons. The Morgan fingerprint density at radius 3 is 2.41 bits per heavy atom. The van der Waals surface area contributed by atoms with Crippen molar-refractivity contribution in [1.29, 1.82) is 0 Å². The van der Waals surface area contributed by atoms with Crippen molar-refractivity contribution < 1.29 is 4.79 Å². The number of likely N-dealkylation sites (N-methyl/N-ethyl adjacent to an activating group) is 1. The molecule has 0 saturated heterocycles. The van der Waals surface area contributed by atoms with Gasteiger partial charge >= 0.3 is 0 Å². The highest BCUT2D eigenvalue weighted by atomic mass is 16.2. The molecule has 0 N–H and O–H groups in total. The fourth-order valence-electron chi connectivity index (χ4n) is 1.41. The van der Waals surface area contributed by atoms with E-state index < -0.39 is 0 Å². The fraction of sp³-hybridized carbons (Fsp3) is 0.533. The van der Waals surface area contributed by atoms with Crippen molar-refractivity contribution >= 4 is 5.91 Å². The highest BCUT2D eigenvalue weighted by Gasteiger charge is 2.11. The average Bonchev–Trinajstić information content (AvgIpc) is 2.34. The average molecular weight is 235 g/mol. The number of unbranched alkanes of at least 4 members (excludes halogenated alkanes) is 1. The van der Waals surface area contributed by atoms with Crippen molar-refractivity contribution in [2.45, 2.75) is 40.5 Å². The van der Waals surface area contributed by atoms with Gasteiger partial charge in [-0.25, -0.2) is 0 Å². The van der Waals surface area contributed by atoms with E-state index >= 15 is 0 Å². The molecule has 0 aromatic carbocycles. The van der Waals surface area contributed by atoms with Crippen LogP contribution in [0.2, 0.25) is 0 Å². The third-order valence-corrected chi connectivity index (χ3v) is 2.63. The Labute approximate surface area is 106 Å². The summed E-state index contributed by atoms with van der Waals surface area (Å²) in [5.41, 5.74) is 1.86. The minimum Gasteiger partial charge on any atom is -0.342 e. The van der Waals surface area contributed by atoms with Crippen LogP contribution in [0.1, 0.15) is 40.5 Å². The molecular formula is C15H25NO. The molecule has 0 aliphatic carbocycles. The van der Waals surface area contributed by atoms with Crippen LogP contribution in [0, 0.1) is 0 Å². The summed E-state index contributed by atoms with van der Waals surface area (Å²) in [5.74, 6) is 0.0951. The van der Waals surface area contributed by atoms with Gasteiger partial charge in [0.15, 0.2) is 0 Å². The van der Waals surface area contributed by atoms with E-state index in [0.29, 0.717) is 0 Å².